The number of aliphatic hydroxyl groups excluding tert-OH is 1. The van der Waals surface area contributed by atoms with E-state index in [0.29, 0.717) is 25.1 Å². The number of carbonyl (C=O) groups excluding carboxylic acids is 1. The average molecular weight is 221 g/mol. The number of aliphatic hydroxyl groups is 1. The third kappa shape index (κ3) is 2.02. The fourth-order valence-corrected chi connectivity index (χ4v) is 1.98. The first-order valence-corrected chi connectivity index (χ1v) is 5.35. The molecule has 1 fully saturated rings. The van der Waals surface area contributed by atoms with Crippen LogP contribution in [0.25, 0.3) is 0 Å². The van der Waals surface area contributed by atoms with Gasteiger partial charge in [-0.15, -0.1) is 0 Å². The Morgan fingerprint density at radius 3 is 2.81 bits per heavy atom. The molecule has 0 bridgehead atoms. The summed E-state index contributed by atoms with van der Waals surface area (Å²) in [5.41, 5.74) is 1.35. The fraction of sp³-hybridized carbons (Fsp3) is 0.417. The van der Waals surface area contributed by atoms with Crippen molar-refractivity contribution in [1.29, 1.82) is 0 Å². The number of benzene rings is 1. The maximum Gasteiger partial charge on any atom is 0.254 e. The van der Waals surface area contributed by atoms with Crippen molar-refractivity contribution < 1.29 is 15.0 Å². The SMILES string of the molecule is Cc1cc(O)ccc1C(=O)N1CCC(O)C1. The highest BCUT2D eigenvalue weighted by atomic mass is 16.3. The van der Waals surface area contributed by atoms with Gasteiger partial charge < -0.3 is 15.1 Å². The summed E-state index contributed by atoms with van der Waals surface area (Å²) in [5, 5.41) is 18.6. The fourth-order valence-electron chi connectivity index (χ4n) is 1.98. The van der Waals surface area contributed by atoms with Gasteiger partial charge in [0.1, 0.15) is 5.75 Å². The number of amides is 1. The van der Waals surface area contributed by atoms with Crippen molar-refractivity contribution in [2.24, 2.45) is 0 Å². The van der Waals surface area contributed by atoms with Crippen LogP contribution in [0, 0.1) is 6.92 Å². The van der Waals surface area contributed by atoms with Gasteiger partial charge in [-0.1, -0.05) is 0 Å². The molecule has 86 valence electrons. The zero-order valence-electron chi connectivity index (χ0n) is 9.18. The Kier molecular flexibility index (Phi) is 2.83. The lowest BCUT2D eigenvalue weighted by Gasteiger charge is -2.16. The van der Waals surface area contributed by atoms with Crippen molar-refractivity contribution in [3.8, 4) is 5.75 Å². The summed E-state index contributed by atoms with van der Waals surface area (Å²) in [5.74, 6) is 0.0876. The molecular formula is C12H15NO3. The molecule has 1 aliphatic rings. The van der Waals surface area contributed by atoms with Crippen molar-refractivity contribution in [3.05, 3.63) is 29.3 Å². The third-order valence-electron chi connectivity index (χ3n) is 2.89. The molecule has 0 aliphatic carbocycles. The van der Waals surface area contributed by atoms with Gasteiger partial charge in [0, 0.05) is 18.7 Å². The predicted molar refractivity (Wildman–Crippen MR) is 59.4 cm³/mol. The normalized spacial score (nSPS) is 20.1. The number of aromatic hydroxyl groups is 1. The van der Waals surface area contributed by atoms with E-state index in [4.69, 9.17) is 0 Å². The second-order valence-corrected chi connectivity index (χ2v) is 4.19. The number of rotatable bonds is 1. The Labute approximate surface area is 94.1 Å². The van der Waals surface area contributed by atoms with Crippen molar-refractivity contribution in [2.45, 2.75) is 19.4 Å². The number of carbonyl (C=O) groups is 1. The summed E-state index contributed by atoms with van der Waals surface area (Å²) in [4.78, 5) is 13.7. The van der Waals surface area contributed by atoms with Crippen LogP contribution >= 0.6 is 0 Å². The largest absolute Gasteiger partial charge is 0.508 e. The molecule has 16 heavy (non-hydrogen) atoms. The summed E-state index contributed by atoms with van der Waals surface area (Å²) in [6.45, 7) is 2.79. The lowest BCUT2D eigenvalue weighted by atomic mass is 10.1. The van der Waals surface area contributed by atoms with E-state index in [1.165, 1.54) is 6.07 Å². The molecule has 1 atom stereocenters. The maximum atomic E-state index is 12.1. The molecule has 1 amide bonds. The molecule has 1 unspecified atom stereocenters. The zero-order valence-corrected chi connectivity index (χ0v) is 9.18. The molecule has 1 heterocycles. The standard InChI is InChI=1S/C12H15NO3/c1-8-6-9(14)2-3-11(8)12(16)13-5-4-10(15)7-13/h2-3,6,10,14-15H,4-5,7H2,1H3. The molecule has 1 aromatic carbocycles. The number of β-amino-alcohol motifs (C(OH)–C–C–N with tert-alkyl or cyclic N) is 1. The smallest absolute Gasteiger partial charge is 0.254 e. The summed E-state index contributed by atoms with van der Waals surface area (Å²) in [7, 11) is 0. The van der Waals surface area contributed by atoms with Gasteiger partial charge in [-0.2, -0.15) is 0 Å². The number of aryl methyl sites for hydroxylation is 1. The van der Waals surface area contributed by atoms with Gasteiger partial charge in [-0.25, -0.2) is 0 Å². The van der Waals surface area contributed by atoms with Crippen LogP contribution in [0.1, 0.15) is 22.3 Å². The quantitative estimate of drug-likeness (QED) is 0.741. The van der Waals surface area contributed by atoms with Gasteiger partial charge in [0.2, 0.25) is 0 Å². The predicted octanol–water partition coefficient (Wildman–Crippen LogP) is 0.907. The molecule has 2 N–H and O–H groups in total. The average Bonchev–Trinajstić information content (AvgIpc) is 2.64. The van der Waals surface area contributed by atoms with E-state index >= 15 is 0 Å². The minimum absolute atomic E-state index is 0.0750. The minimum Gasteiger partial charge on any atom is -0.508 e. The summed E-state index contributed by atoms with van der Waals surface area (Å²) >= 11 is 0. The van der Waals surface area contributed by atoms with Crippen molar-refractivity contribution in [1.82, 2.24) is 4.90 Å². The topological polar surface area (TPSA) is 60.8 Å². The summed E-state index contributed by atoms with van der Waals surface area (Å²) in [6.07, 6.45) is 0.240. The molecule has 2 rings (SSSR count). The number of phenols is 1. The Morgan fingerprint density at radius 2 is 2.25 bits per heavy atom. The van der Waals surface area contributed by atoms with Gasteiger partial charge >= 0.3 is 0 Å². The van der Waals surface area contributed by atoms with E-state index in [1.807, 2.05) is 0 Å². The lowest BCUT2D eigenvalue weighted by molar-refractivity contribution is 0.0764. The second kappa shape index (κ2) is 4.14. The second-order valence-electron chi connectivity index (χ2n) is 4.19. The number of hydrogen-bond acceptors (Lipinski definition) is 3. The van der Waals surface area contributed by atoms with Crippen LogP contribution in [-0.2, 0) is 0 Å². The van der Waals surface area contributed by atoms with Crippen LogP contribution in [0.3, 0.4) is 0 Å². The van der Waals surface area contributed by atoms with Crippen molar-refractivity contribution in [2.75, 3.05) is 13.1 Å². The molecule has 0 saturated carbocycles. The van der Waals surface area contributed by atoms with Gasteiger partial charge in [0.15, 0.2) is 0 Å². The van der Waals surface area contributed by atoms with Crippen LogP contribution in [0.15, 0.2) is 18.2 Å². The van der Waals surface area contributed by atoms with E-state index < -0.39 is 6.10 Å². The number of hydrogen-bond donors (Lipinski definition) is 2. The van der Waals surface area contributed by atoms with Crippen LogP contribution in [0.2, 0.25) is 0 Å². The lowest BCUT2D eigenvalue weighted by Crippen LogP contribution is -2.30. The van der Waals surface area contributed by atoms with E-state index in [9.17, 15) is 15.0 Å². The van der Waals surface area contributed by atoms with Gasteiger partial charge in [0.05, 0.1) is 6.10 Å². The third-order valence-corrected chi connectivity index (χ3v) is 2.89. The highest BCUT2D eigenvalue weighted by Crippen LogP contribution is 2.19. The first-order valence-electron chi connectivity index (χ1n) is 5.35. The number of nitrogens with zero attached hydrogens (tertiary/aromatic N) is 1. The molecular weight excluding hydrogens is 206 g/mol. The van der Waals surface area contributed by atoms with Crippen LogP contribution in [0.5, 0.6) is 5.75 Å². The van der Waals surface area contributed by atoms with Crippen LogP contribution in [-0.4, -0.2) is 40.2 Å². The van der Waals surface area contributed by atoms with Crippen LogP contribution in [0.4, 0.5) is 0 Å². The zero-order chi connectivity index (χ0) is 11.7. The van der Waals surface area contributed by atoms with Crippen molar-refractivity contribution in [3.63, 3.8) is 0 Å². The molecule has 1 aromatic rings. The van der Waals surface area contributed by atoms with Gasteiger partial charge in [-0.3, -0.25) is 4.79 Å². The number of likely N-dealkylation sites (tertiary alicyclic amines) is 1. The van der Waals surface area contributed by atoms with Gasteiger partial charge in [-0.05, 0) is 37.1 Å². The van der Waals surface area contributed by atoms with E-state index in [-0.39, 0.29) is 11.7 Å². The summed E-state index contributed by atoms with van der Waals surface area (Å²) in [6, 6.07) is 4.70. The molecule has 4 nitrogen and oxygen atoms in total. The Balaban J connectivity index is 2.21. The molecule has 0 radical (unpaired) electrons. The minimum atomic E-state index is -0.402. The molecule has 4 heteroatoms. The Hall–Kier alpha value is -1.55. The maximum absolute atomic E-state index is 12.1. The van der Waals surface area contributed by atoms with E-state index in [2.05, 4.69) is 0 Å². The molecule has 0 aromatic heterocycles. The first-order chi connectivity index (χ1) is 7.58. The van der Waals surface area contributed by atoms with E-state index in [0.717, 1.165) is 5.56 Å². The first kappa shape index (κ1) is 11.0. The monoisotopic (exact) mass is 221 g/mol. The van der Waals surface area contributed by atoms with Crippen LogP contribution < -0.4 is 0 Å². The van der Waals surface area contributed by atoms with Crippen molar-refractivity contribution >= 4 is 5.91 Å². The number of phenolic OH excluding ortho intramolecular Hbond substituents is 1. The molecule has 0 spiro atoms. The Morgan fingerprint density at radius 1 is 1.50 bits per heavy atom. The van der Waals surface area contributed by atoms with E-state index in [1.54, 1.807) is 24.0 Å². The molecule has 1 aliphatic heterocycles. The van der Waals surface area contributed by atoms with Gasteiger partial charge in [0.25, 0.3) is 5.91 Å². The highest BCUT2D eigenvalue weighted by molar-refractivity contribution is 5.96. The summed E-state index contributed by atoms with van der Waals surface area (Å²) < 4.78 is 0. The molecule has 1 saturated heterocycles. The Bertz CT molecular complexity index is 417. The highest BCUT2D eigenvalue weighted by Gasteiger charge is 2.26.